The number of halogens is 1. The van der Waals surface area contributed by atoms with Crippen molar-refractivity contribution in [2.24, 2.45) is 0 Å². The highest BCUT2D eigenvalue weighted by atomic mass is 19.1. The largest absolute Gasteiger partial charge is 0.337 e. The summed E-state index contributed by atoms with van der Waals surface area (Å²) in [4.78, 5) is 15.7. The molecule has 3 nitrogen and oxygen atoms in total. The fourth-order valence-electron chi connectivity index (χ4n) is 1.85. The summed E-state index contributed by atoms with van der Waals surface area (Å²) in [6.45, 7) is 9.18. The van der Waals surface area contributed by atoms with Gasteiger partial charge in [0, 0.05) is 37.8 Å². The van der Waals surface area contributed by atoms with E-state index in [-0.39, 0.29) is 11.4 Å². The molecule has 1 fully saturated rings. The highest BCUT2D eigenvalue weighted by Gasteiger charge is 2.26. The third-order valence-electron chi connectivity index (χ3n) is 2.89. The summed E-state index contributed by atoms with van der Waals surface area (Å²) in [6.07, 6.45) is 2.59. The third-order valence-corrected chi connectivity index (χ3v) is 2.89. The van der Waals surface area contributed by atoms with Crippen molar-refractivity contribution in [3.05, 3.63) is 12.2 Å². The molecule has 0 unspecified atom stereocenters. The molecule has 1 aliphatic heterocycles. The first-order chi connectivity index (χ1) is 7.45. The highest BCUT2D eigenvalue weighted by Crippen LogP contribution is 2.15. The molecule has 1 heterocycles. The van der Waals surface area contributed by atoms with Crippen LogP contribution < -0.4 is 0 Å². The SMILES string of the molecule is CC(C)(C)N1CCN(C(=O)/C=C/CF)CC1. The number of hydrogen-bond donors (Lipinski definition) is 0. The van der Waals surface area contributed by atoms with Gasteiger partial charge in [-0.3, -0.25) is 9.69 Å². The second-order valence-corrected chi connectivity index (χ2v) is 5.04. The Bertz CT molecular complexity index is 263. The standard InChI is InChI=1S/C12H21FN2O/c1-12(2,3)15-9-7-14(8-10-15)11(16)5-4-6-13/h4-5H,6-10H2,1-3H3/b5-4+. The molecule has 4 heteroatoms. The van der Waals surface area contributed by atoms with Crippen LogP contribution >= 0.6 is 0 Å². The van der Waals surface area contributed by atoms with Crippen LogP contribution in [-0.2, 0) is 4.79 Å². The minimum Gasteiger partial charge on any atom is -0.337 e. The lowest BCUT2D eigenvalue weighted by Gasteiger charge is -2.42. The van der Waals surface area contributed by atoms with E-state index in [0.29, 0.717) is 0 Å². The Kier molecular flexibility index (Phi) is 4.47. The van der Waals surface area contributed by atoms with Crippen LogP contribution in [0.25, 0.3) is 0 Å². The van der Waals surface area contributed by atoms with Crippen molar-refractivity contribution in [1.82, 2.24) is 9.80 Å². The molecule has 0 bridgehead atoms. The van der Waals surface area contributed by atoms with Gasteiger partial charge in [-0.1, -0.05) is 0 Å². The van der Waals surface area contributed by atoms with Crippen molar-refractivity contribution in [3.63, 3.8) is 0 Å². The van der Waals surface area contributed by atoms with Gasteiger partial charge in [0.2, 0.25) is 5.91 Å². The zero-order valence-electron chi connectivity index (χ0n) is 10.4. The van der Waals surface area contributed by atoms with Crippen molar-refractivity contribution in [2.75, 3.05) is 32.9 Å². The van der Waals surface area contributed by atoms with Crippen LogP contribution in [0.2, 0.25) is 0 Å². The lowest BCUT2D eigenvalue weighted by atomic mass is 10.0. The van der Waals surface area contributed by atoms with Crippen molar-refractivity contribution in [2.45, 2.75) is 26.3 Å². The van der Waals surface area contributed by atoms with Crippen LogP contribution in [-0.4, -0.2) is 54.1 Å². The Morgan fingerprint density at radius 3 is 2.25 bits per heavy atom. The summed E-state index contributed by atoms with van der Waals surface area (Å²) in [5, 5.41) is 0. The van der Waals surface area contributed by atoms with E-state index in [1.165, 1.54) is 12.2 Å². The Balaban J connectivity index is 2.43. The first-order valence-electron chi connectivity index (χ1n) is 5.71. The second kappa shape index (κ2) is 5.43. The zero-order valence-corrected chi connectivity index (χ0v) is 10.4. The van der Waals surface area contributed by atoms with E-state index < -0.39 is 6.67 Å². The fourth-order valence-corrected chi connectivity index (χ4v) is 1.85. The Hall–Kier alpha value is -0.900. The molecule has 1 amide bonds. The monoisotopic (exact) mass is 228 g/mol. The Morgan fingerprint density at radius 1 is 1.25 bits per heavy atom. The molecule has 1 saturated heterocycles. The van der Waals surface area contributed by atoms with Crippen molar-refractivity contribution < 1.29 is 9.18 Å². The average Bonchev–Trinajstić information content (AvgIpc) is 2.25. The number of carbonyl (C=O) groups is 1. The Labute approximate surface area is 96.9 Å². The molecule has 1 rings (SSSR count). The van der Waals surface area contributed by atoms with Crippen molar-refractivity contribution in [1.29, 1.82) is 0 Å². The van der Waals surface area contributed by atoms with E-state index in [2.05, 4.69) is 25.7 Å². The predicted molar refractivity (Wildman–Crippen MR) is 63.0 cm³/mol. The van der Waals surface area contributed by atoms with E-state index >= 15 is 0 Å². The van der Waals surface area contributed by atoms with Gasteiger partial charge in [-0.15, -0.1) is 0 Å². The van der Waals surface area contributed by atoms with Gasteiger partial charge in [-0.2, -0.15) is 0 Å². The van der Waals surface area contributed by atoms with Gasteiger partial charge >= 0.3 is 0 Å². The second-order valence-electron chi connectivity index (χ2n) is 5.04. The first-order valence-corrected chi connectivity index (χ1v) is 5.71. The van der Waals surface area contributed by atoms with E-state index in [1.54, 1.807) is 4.90 Å². The topological polar surface area (TPSA) is 23.6 Å². The summed E-state index contributed by atoms with van der Waals surface area (Å²) < 4.78 is 11.9. The van der Waals surface area contributed by atoms with Crippen LogP contribution in [0.4, 0.5) is 4.39 Å². The molecule has 0 saturated carbocycles. The van der Waals surface area contributed by atoms with Gasteiger partial charge in [0.15, 0.2) is 0 Å². The summed E-state index contributed by atoms with van der Waals surface area (Å²) in [5.74, 6) is -0.0776. The molecule has 92 valence electrons. The summed E-state index contributed by atoms with van der Waals surface area (Å²) >= 11 is 0. The van der Waals surface area contributed by atoms with E-state index in [9.17, 15) is 9.18 Å². The minimum absolute atomic E-state index is 0.0776. The first kappa shape index (κ1) is 13.2. The number of allylic oxidation sites excluding steroid dienone is 1. The summed E-state index contributed by atoms with van der Waals surface area (Å²) in [5.41, 5.74) is 0.157. The lowest BCUT2D eigenvalue weighted by Crippen LogP contribution is -2.54. The smallest absolute Gasteiger partial charge is 0.246 e. The maximum atomic E-state index is 11.9. The fraction of sp³-hybridized carbons (Fsp3) is 0.750. The Morgan fingerprint density at radius 2 is 1.81 bits per heavy atom. The van der Waals surface area contributed by atoms with Crippen LogP contribution in [0.3, 0.4) is 0 Å². The molecular formula is C12H21FN2O. The molecular weight excluding hydrogens is 207 g/mol. The molecule has 1 aliphatic rings. The molecule has 0 atom stereocenters. The number of hydrogen-bond acceptors (Lipinski definition) is 2. The van der Waals surface area contributed by atoms with Gasteiger partial charge in [0.05, 0.1) is 0 Å². The molecule has 0 aromatic rings. The average molecular weight is 228 g/mol. The summed E-state index contributed by atoms with van der Waals surface area (Å²) in [7, 11) is 0. The van der Waals surface area contributed by atoms with Crippen LogP contribution in [0.1, 0.15) is 20.8 Å². The zero-order chi connectivity index (χ0) is 12.2. The van der Waals surface area contributed by atoms with Gasteiger partial charge in [0.25, 0.3) is 0 Å². The van der Waals surface area contributed by atoms with E-state index in [0.717, 1.165) is 26.2 Å². The molecule has 0 radical (unpaired) electrons. The molecule has 0 spiro atoms. The maximum absolute atomic E-state index is 11.9. The van der Waals surface area contributed by atoms with E-state index in [1.807, 2.05) is 0 Å². The van der Waals surface area contributed by atoms with Gasteiger partial charge in [0.1, 0.15) is 6.67 Å². The van der Waals surface area contributed by atoms with Crippen LogP contribution in [0, 0.1) is 0 Å². The molecule has 16 heavy (non-hydrogen) atoms. The normalized spacial score (nSPS) is 19.4. The predicted octanol–water partition coefficient (Wildman–Crippen LogP) is 1.45. The summed E-state index contributed by atoms with van der Waals surface area (Å²) in [6, 6.07) is 0. The highest BCUT2D eigenvalue weighted by molar-refractivity contribution is 5.87. The van der Waals surface area contributed by atoms with E-state index in [4.69, 9.17) is 0 Å². The molecule has 0 aliphatic carbocycles. The van der Waals surface area contributed by atoms with Gasteiger partial charge in [-0.05, 0) is 26.8 Å². The minimum atomic E-state index is -0.576. The molecule has 0 aromatic heterocycles. The number of piperazine rings is 1. The third kappa shape index (κ3) is 3.59. The van der Waals surface area contributed by atoms with Crippen molar-refractivity contribution >= 4 is 5.91 Å². The number of rotatable bonds is 2. The van der Waals surface area contributed by atoms with Crippen LogP contribution in [0.15, 0.2) is 12.2 Å². The quantitative estimate of drug-likeness (QED) is 0.668. The van der Waals surface area contributed by atoms with Crippen LogP contribution in [0.5, 0.6) is 0 Å². The van der Waals surface area contributed by atoms with Crippen molar-refractivity contribution in [3.8, 4) is 0 Å². The number of amides is 1. The number of alkyl halides is 1. The lowest BCUT2D eigenvalue weighted by molar-refractivity contribution is -0.128. The number of nitrogens with zero attached hydrogens (tertiary/aromatic N) is 2. The van der Waals surface area contributed by atoms with Gasteiger partial charge < -0.3 is 4.90 Å². The molecule has 0 aromatic carbocycles. The van der Waals surface area contributed by atoms with Gasteiger partial charge in [-0.25, -0.2) is 4.39 Å². The number of carbonyl (C=O) groups excluding carboxylic acids is 1. The maximum Gasteiger partial charge on any atom is 0.246 e. The molecule has 0 N–H and O–H groups in total.